The summed E-state index contributed by atoms with van der Waals surface area (Å²) in [5.41, 5.74) is 4.66. The second kappa shape index (κ2) is 17.8. The number of hydrogen-bond acceptors (Lipinski definition) is 11. The Hall–Kier alpha value is -7.22. The monoisotopic (exact) mass is 843 g/mol. The number of esters is 2. The maximum Gasteiger partial charge on any atom is 0.329 e. The standard InChI is InChI=1S/C46H45N5O11/c1-26(2)35(41(55)60-3)49-45(59)50-32-21-20-27(13-12-22-48-44(47)58)25-31(32)46(43(50)57)34(40(53)54)37-42(56)62-38(29-16-8-5-9-17-29)36(28-14-6-4-7-15-28)51(37)39(46)30-18-10-11-19-33(30)61-24-23-52/h4-11,14-21,25-26,34-39,52H,22-24H2,1-3H3,(H,49,59)(H,53,54)(H3,47,48,58)/t34-,35-,36-,37-,38+,39+,46-/m0/s1. The second-order valence-electron chi connectivity index (χ2n) is 15.3. The molecule has 62 heavy (non-hydrogen) atoms. The molecule has 1 spiro atoms. The Bertz CT molecular complexity index is 2450. The molecule has 0 radical (unpaired) electrons. The molecular weight excluding hydrogens is 799 g/mol. The van der Waals surface area contributed by atoms with E-state index in [1.165, 1.54) is 18.2 Å². The van der Waals surface area contributed by atoms with Crippen molar-refractivity contribution in [1.82, 2.24) is 15.5 Å². The van der Waals surface area contributed by atoms with Gasteiger partial charge in [0.15, 0.2) is 0 Å². The first kappa shape index (κ1) is 42.9. The van der Waals surface area contributed by atoms with Crippen LogP contribution >= 0.6 is 0 Å². The van der Waals surface area contributed by atoms with E-state index in [1.807, 2.05) is 18.2 Å². The number of aliphatic hydroxyl groups excluding tert-OH is 1. The number of amides is 5. The number of para-hydroxylation sites is 1. The Labute approximate surface area is 356 Å². The van der Waals surface area contributed by atoms with Gasteiger partial charge >= 0.3 is 30.0 Å². The van der Waals surface area contributed by atoms with Gasteiger partial charge in [-0.1, -0.05) is 105 Å². The third kappa shape index (κ3) is 7.45. The number of aliphatic carboxylic acids is 1. The van der Waals surface area contributed by atoms with Gasteiger partial charge < -0.3 is 40.8 Å². The second-order valence-corrected chi connectivity index (χ2v) is 15.3. The van der Waals surface area contributed by atoms with Gasteiger partial charge in [-0.15, -0.1) is 0 Å². The zero-order chi connectivity index (χ0) is 44.3. The lowest BCUT2D eigenvalue weighted by atomic mass is 9.65. The molecule has 4 aromatic carbocycles. The van der Waals surface area contributed by atoms with Crippen LogP contribution in [0.5, 0.6) is 5.75 Å². The van der Waals surface area contributed by atoms with Crippen LogP contribution in [0.15, 0.2) is 103 Å². The van der Waals surface area contributed by atoms with Crippen molar-refractivity contribution in [3.8, 4) is 17.6 Å². The minimum absolute atomic E-state index is 0.0326. The number of cyclic esters (lactones) is 1. The van der Waals surface area contributed by atoms with E-state index in [2.05, 4.69) is 22.5 Å². The van der Waals surface area contributed by atoms with Gasteiger partial charge in [-0.2, -0.15) is 0 Å². The minimum atomic E-state index is -2.33. The number of benzene rings is 4. The fraction of sp³-hybridized carbons (Fsp3) is 0.304. The molecular formula is C46H45N5O11. The van der Waals surface area contributed by atoms with Gasteiger partial charge in [-0.05, 0) is 46.9 Å². The van der Waals surface area contributed by atoms with Crippen molar-refractivity contribution < 1.29 is 53.2 Å². The molecule has 0 bridgehead atoms. The Kier molecular flexibility index (Phi) is 12.3. The first-order chi connectivity index (χ1) is 29.9. The number of anilines is 1. The maximum atomic E-state index is 16.1. The number of hydrogen-bond donors (Lipinski definition) is 5. The summed E-state index contributed by atoms with van der Waals surface area (Å²) in [5, 5.41) is 26.5. The van der Waals surface area contributed by atoms with Crippen LogP contribution in [0.1, 0.15) is 59.9 Å². The van der Waals surface area contributed by atoms with Gasteiger partial charge in [0.25, 0.3) is 0 Å². The van der Waals surface area contributed by atoms with Crippen LogP contribution in [0, 0.1) is 23.7 Å². The van der Waals surface area contributed by atoms with Gasteiger partial charge in [0.1, 0.15) is 41.9 Å². The lowest BCUT2D eigenvalue weighted by Gasteiger charge is -2.46. The number of nitrogens with two attached hydrogens (primary N) is 1. The van der Waals surface area contributed by atoms with Crippen molar-refractivity contribution in [3.63, 3.8) is 0 Å². The molecule has 0 saturated carbocycles. The summed E-state index contributed by atoms with van der Waals surface area (Å²) >= 11 is 0. The predicted octanol–water partition coefficient (Wildman–Crippen LogP) is 3.73. The molecule has 4 aromatic rings. The third-order valence-electron chi connectivity index (χ3n) is 11.5. The first-order valence-corrected chi connectivity index (χ1v) is 19.9. The number of urea groups is 2. The quantitative estimate of drug-likeness (QED) is 0.108. The van der Waals surface area contributed by atoms with E-state index in [0.717, 1.165) is 12.0 Å². The van der Waals surface area contributed by atoms with E-state index in [-0.39, 0.29) is 47.9 Å². The molecule has 0 aromatic heterocycles. The number of methoxy groups -OCH3 is 1. The Morgan fingerprint density at radius 1 is 0.919 bits per heavy atom. The first-order valence-electron chi connectivity index (χ1n) is 19.9. The van der Waals surface area contributed by atoms with Gasteiger partial charge in [0.05, 0.1) is 38.0 Å². The molecule has 0 aliphatic carbocycles. The van der Waals surface area contributed by atoms with Crippen molar-refractivity contribution >= 4 is 41.6 Å². The molecule has 16 heteroatoms. The molecule has 6 N–H and O–H groups in total. The van der Waals surface area contributed by atoms with Crippen LogP contribution in [0.25, 0.3) is 0 Å². The molecule has 3 heterocycles. The van der Waals surface area contributed by atoms with E-state index in [1.54, 1.807) is 85.5 Å². The average molecular weight is 844 g/mol. The summed E-state index contributed by atoms with van der Waals surface area (Å²) in [6.07, 6.45) is -1.03. The molecule has 7 atom stereocenters. The number of nitrogens with one attached hydrogen (secondary N) is 2. The number of carboxylic acids is 1. The fourth-order valence-electron chi connectivity index (χ4n) is 9.03. The SMILES string of the molecule is COC(=O)[C@@H](NC(=O)N1C(=O)[C@@]2(c3cc(C#CCNC(N)=O)ccc31)[C@H](C(=O)O)[C@H]1C(=O)O[C@H](c3ccccc3)[C@H](c3ccccc3)N1[C@@H]2c1ccccc1OCCO)C(C)C. The molecule has 320 valence electrons. The minimum Gasteiger partial charge on any atom is -0.491 e. The summed E-state index contributed by atoms with van der Waals surface area (Å²) in [4.78, 5) is 86.8. The van der Waals surface area contributed by atoms with Crippen LogP contribution in [0.2, 0.25) is 0 Å². The van der Waals surface area contributed by atoms with E-state index in [0.29, 0.717) is 11.1 Å². The predicted molar refractivity (Wildman–Crippen MR) is 222 cm³/mol. The van der Waals surface area contributed by atoms with Crippen LogP contribution in [0.4, 0.5) is 15.3 Å². The van der Waals surface area contributed by atoms with Gasteiger partial charge in [-0.3, -0.25) is 19.3 Å². The molecule has 5 amide bonds. The van der Waals surface area contributed by atoms with Crippen LogP contribution in [-0.4, -0.2) is 89.9 Å². The van der Waals surface area contributed by atoms with Crippen LogP contribution < -0.4 is 26.0 Å². The molecule has 3 aliphatic rings. The number of rotatable bonds is 11. The van der Waals surface area contributed by atoms with E-state index < -0.39 is 83.4 Å². The smallest absolute Gasteiger partial charge is 0.329 e. The number of carbonyl (C=O) groups excluding carboxylic acids is 5. The maximum absolute atomic E-state index is 16.1. The topological polar surface area (TPSA) is 227 Å². The summed E-state index contributed by atoms with van der Waals surface area (Å²) in [6, 6.07) is 22.0. The molecule has 16 nitrogen and oxygen atoms in total. The van der Waals surface area contributed by atoms with Crippen molar-refractivity contribution in [2.24, 2.45) is 17.6 Å². The fourth-order valence-corrected chi connectivity index (χ4v) is 9.03. The highest BCUT2D eigenvalue weighted by atomic mass is 16.6. The summed E-state index contributed by atoms with van der Waals surface area (Å²) in [7, 11) is 1.16. The zero-order valence-corrected chi connectivity index (χ0v) is 34.0. The number of fused-ring (bicyclic) bond motifs is 3. The number of aliphatic hydroxyl groups is 1. The van der Waals surface area contributed by atoms with Crippen LogP contribution in [0.3, 0.4) is 0 Å². The molecule has 2 saturated heterocycles. The third-order valence-corrected chi connectivity index (χ3v) is 11.5. The number of imide groups is 1. The lowest BCUT2D eigenvalue weighted by molar-refractivity contribution is -0.179. The van der Waals surface area contributed by atoms with E-state index >= 15 is 4.79 Å². The number of carbonyl (C=O) groups is 6. The largest absolute Gasteiger partial charge is 0.491 e. The molecule has 7 rings (SSSR count). The van der Waals surface area contributed by atoms with Gasteiger partial charge in [0, 0.05) is 11.1 Å². The molecule has 0 unspecified atom stereocenters. The highest BCUT2D eigenvalue weighted by Crippen LogP contribution is 2.66. The highest BCUT2D eigenvalue weighted by molar-refractivity contribution is 6.25. The number of carboxylic acid groups (broad SMARTS) is 1. The molecule has 2 fully saturated rings. The van der Waals surface area contributed by atoms with E-state index in [9.17, 15) is 34.2 Å². The highest BCUT2D eigenvalue weighted by Gasteiger charge is 2.76. The Morgan fingerprint density at radius 3 is 2.21 bits per heavy atom. The van der Waals surface area contributed by atoms with Crippen molar-refractivity contribution in [1.29, 1.82) is 0 Å². The average Bonchev–Trinajstić information content (AvgIpc) is 3.72. The number of morpholine rings is 1. The summed E-state index contributed by atoms with van der Waals surface area (Å²) in [5.74, 6) is -0.815. The van der Waals surface area contributed by atoms with E-state index in [4.69, 9.17) is 19.9 Å². The van der Waals surface area contributed by atoms with Crippen molar-refractivity contribution in [2.75, 3.05) is 31.8 Å². The Balaban J connectivity index is 1.57. The number of ether oxygens (including phenoxy) is 3. The van der Waals surface area contributed by atoms with Crippen molar-refractivity contribution in [3.05, 3.63) is 131 Å². The normalized spacial score (nSPS) is 23.0. The molecule has 3 aliphatic heterocycles. The number of nitrogens with zero attached hydrogens (tertiary/aromatic N) is 2. The van der Waals surface area contributed by atoms with Crippen molar-refractivity contribution in [2.45, 2.75) is 49.5 Å². The zero-order valence-electron chi connectivity index (χ0n) is 34.0. The Morgan fingerprint density at radius 2 is 1.58 bits per heavy atom. The summed E-state index contributed by atoms with van der Waals surface area (Å²) < 4.78 is 17.4. The lowest BCUT2D eigenvalue weighted by Crippen LogP contribution is -2.56. The number of primary amides is 1. The van der Waals surface area contributed by atoms with Crippen LogP contribution in [-0.2, 0) is 34.1 Å². The van der Waals surface area contributed by atoms with Gasteiger partial charge in [0.2, 0.25) is 5.91 Å². The summed E-state index contributed by atoms with van der Waals surface area (Å²) in [6.45, 7) is 2.64. The van der Waals surface area contributed by atoms with Gasteiger partial charge in [-0.25, -0.2) is 19.3 Å².